The topological polar surface area (TPSA) is 67.9 Å². The molecule has 1 N–H and O–H groups in total. The van der Waals surface area contributed by atoms with Gasteiger partial charge in [-0.05, 0) is 18.6 Å². The van der Waals surface area contributed by atoms with Gasteiger partial charge >= 0.3 is 0 Å². The molecule has 1 unspecified atom stereocenters. The number of benzene rings is 1. The van der Waals surface area contributed by atoms with Gasteiger partial charge in [-0.3, -0.25) is 9.59 Å². The molecule has 0 bridgehead atoms. The van der Waals surface area contributed by atoms with Crippen LogP contribution >= 0.6 is 0 Å². The Bertz CT molecular complexity index is 594. The van der Waals surface area contributed by atoms with Crippen molar-refractivity contribution in [1.82, 2.24) is 10.2 Å². The molecule has 2 aliphatic rings. The van der Waals surface area contributed by atoms with Crippen molar-refractivity contribution in [3.05, 3.63) is 23.8 Å². The van der Waals surface area contributed by atoms with Crippen molar-refractivity contribution in [1.29, 1.82) is 0 Å². The first kappa shape index (κ1) is 14.7. The Hall–Kier alpha value is -2.24. The van der Waals surface area contributed by atoms with Gasteiger partial charge in [0.1, 0.15) is 11.5 Å². The van der Waals surface area contributed by atoms with E-state index in [4.69, 9.17) is 9.47 Å². The van der Waals surface area contributed by atoms with E-state index in [1.54, 1.807) is 19.1 Å². The fourth-order valence-corrected chi connectivity index (χ4v) is 3.37. The Morgan fingerprint density at radius 2 is 1.91 bits per heavy atom. The lowest BCUT2D eigenvalue weighted by Crippen LogP contribution is -2.64. The standard InChI is InChI=1S/C16H20N2O4/c1-21-12-4-3-5-13(22-2)11(12)9-18-10-16(15(18)20)6-7-17-14(19)8-16/h3-5H,6-10H2,1-2H3,(H,17,19). The highest BCUT2D eigenvalue weighted by Gasteiger charge is 2.54. The SMILES string of the molecule is COc1cccc(OC)c1CN1CC2(CCNC(=O)C2)C1=O. The van der Waals surface area contributed by atoms with Crippen molar-refractivity contribution in [2.45, 2.75) is 19.4 Å². The van der Waals surface area contributed by atoms with Crippen molar-refractivity contribution in [2.24, 2.45) is 5.41 Å². The van der Waals surface area contributed by atoms with E-state index in [-0.39, 0.29) is 11.8 Å². The van der Waals surface area contributed by atoms with Crippen LogP contribution in [0.25, 0.3) is 0 Å². The number of amides is 2. The normalized spacial score (nSPS) is 24.0. The average molecular weight is 304 g/mol. The van der Waals surface area contributed by atoms with Gasteiger partial charge in [0.05, 0.1) is 31.7 Å². The number of hydrogen-bond donors (Lipinski definition) is 1. The molecule has 6 nitrogen and oxygen atoms in total. The Balaban J connectivity index is 1.76. The van der Waals surface area contributed by atoms with Gasteiger partial charge in [0, 0.05) is 19.5 Å². The Morgan fingerprint density at radius 1 is 1.23 bits per heavy atom. The highest BCUT2D eigenvalue weighted by atomic mass is 16.5. The van der Waals surface area contributed by atoms with Crippen molar-refractivity contribution >= 4 is 11.8 Å². The second-order valence-corrected chi connectivity index (χ2v) is 5.86. The van der Waals surface area contributed by atoms with Crippen LogP contribution in [0.15, 0.2) is 18.2 Å². The summed E-state index contributed by atoms with van der Waals surface area (Å²) in [7, 11) is 3.20. The first-order valence-corrected chi connectivity index (χ1v) is 7.35. The number of carbonyl (C=O) groups excluding carboxylic acids is 2. The van der Waals surface area contributed by atoms with Crippen LogP contribution in [0.5, 0.6) is 11.5 Å². The summed E-state index contributed by atoms with van der Waals surface area (Å²) in [6, 6.07) is 5.56. The molecule has 0 radical (unpaired) electrons. The molecule has 2 aliphatic heterocycles. The van der Waals surface area contributed by atoms with E-state index in [0.29, 0.717) is 37.6 Å². The molecular formula is C16H20N2O4. The minimum atomic E-state index is -0.489. The molecule has 1 spiro atoms. The summed E-state index contributed by atoms with van der Waals surface area (Å²) in [4.78, 5) is 25.9. The van der Waals surface area contributed by atoms with Gasteiger partial charge in [0.25, 0.3) is 0 Å². The molecule has 6 heteroatoms. The average Bonchev–Trinajstić information content (AvgIpc) is 2.54. The third-order valence-corrected chi connectivity index (χ3v) is 4.54. The van der Waals surface area contributed by atoms with Gasteiger partial charge in [-0.25, -0.2) is 0 Å². The van der Waals surface area contributed by atoms with Crippen LogP contribution in [0.3, 0.4) is 0 Å². The lowest BCUT2D eigenvalue weighted by atomic mass is 9.71. The fraction of sp³-hybridized carbons (Fsp3) is 0.500. The number of likely N-dealkylation sites (tertiary alicyclic amines) is 1. The molecule has 1 aromatic carbocycles. The van der Waals surface area contributed by atoms with Crippen LogP contribution in [0.2, 0.25) is 0 Å². The van der Waals surface area contributed by atoms with Crippen molar-refractivity contribution in [3.63, 3.8) is 0 Å². The first-order chi connectivity index (χ1) is 10.6. The minimum absolute atomic E-state index is 0.0332. The first-order valence-electron chi connectivity index (χ1n) is 7.35. The van der Waals surface area contributed by atoms with Gasteiger partial charge < -0.3 is 19.7 Å². The Kier molecular flexibility index (Phi) is 3.68. The van der Waals surface area contributed by atoms with Crippen molar-refractivity contribution in [2.75, 3.05) is 27.3 Å². The summed E-state index contributed by atoms with van der Waals surface area (Å²) in [6.07, 6.45) is 1.02. The summed E-state index contributed by atoms with van der Waals surface area (Å²) < 4.78 is 10.7. The third-order valence-electron chi connectivity index (χ3n) is 4.54. The zero-order valence-corrected chi connectivity index (χ0v) is 12.8. The number of methoxy groups -OCH3 is 2. The number of hydrogen-bond acceptors (Lipinski definition) is 4. The molecule has 2 fully saturated rings. The highest BCUT2D eigenvalue weighted by molar-refractivity contribution is 5.94. The Labute approximate surface area is 129 Å². The van der Waals surface area contributed by atoms with Crippen LogP contribution in [0.1, 0.15) is 18.4 Å². The van der Waals surface area contributed by atoms with Crippen LogP contribution in [-0.2, 0) is 16.1 Å². The molecule has 118 valence electrons. The maximum absolute atomic E-state index is 12.6. The molecule has 2 saturated heterocycles. The predicted molar refractivity (Wildman–Crippen MR) is 79.6 cm³/mol. The van der Waals surface area contributed by atoms with E-state index in [1.165, 1.54) is 0 Å². The molecule has 3 rings (SSSR count). The lowest BCUT2D eigenvalue weighted by Gasteiger charge is -2.50. The van der Waals surface area contributed by atoms with Gasteiger partial charge in [-0.1, -0.05) is 6.07 Å². The number of carbonyl (C=O) groups is 2. The molecule has 2 amide bonds. The molecule has 1 atom stereocenters. The Morgan fingerprint density at radius 3 is 2.45 bits per heavy atom. The van der Waals surface area contributed by atoms with Crippen molar-refractivity contribution < 1.29 is 19.1 Å². The van der Waals surface area contributed by atoms with Crippen LogP contribution in [-0.4, -0.2) is 44.0 Å². The fourth-order valence-electron chi connectivity index (χ4n) is 3.37. The number of ether oxygens (including phenoxy) is 2. The number of nitrogens with zero attached hydrogens (tertiary/aromatic N) is 1. The zero-order valence-electron chi connectivity index (χ0n) is 12.8. The summed E-state index contributed by atoms with van der Waals surface area (Å²) in [5.74, 6) is 1.42. The van der Waals surface area contributed by atoms with Gasteiger partial charge in [-0.15, -0.1) is 0 Å². The quantitative estimate of drug-likeness (QED) is 0.841. The largest absolute Gasteiger partial charge is 0.496 e. The maximum atomic E-state index is 12.6. The second-order valence-electron chi connectivity index (χ2n) is 5.86. The molecule has 2 heterocycles. The van der Waals surface area contributed by atoms with Crippen LogP contribution in [0, 0.1) is 5.41 Å². The van der Waals surface area contributed by atoms with Gasteiger partial charge in [0.15, 0.2) is 0 Å². The van der Waals surface area contributed by atoms with Gasteiger partial charge in [-0.2, -0.15) is 0 Å². The van der Waals surface area contributed by atoms with Crippen molar-refractivity contribution in [3.8, 4) is 11.5 Å². The maximum Gasteiger partial charge on any atom is 0.231 e. The molecule has 1 aromatic rings. The van der Waals surface area contributed by atoms with E-state index in [9.17, 15) is 9.59 Å². The molecule has 0 aliphatic carbocycles. The number of piperidine rings is 1. The summed E-state index contributed by atoms with van der Waals surface area (Å²) >= 11 is 0. The highest BCUT2D eigenvalue weighted by Crippen LogP contribution is 2.42. The monoisotopic (exact) mass is 304 g/mol. The number of β-lactam (4-membered cyclic amide) rings is 1. The molecule has 0 aromatic heterocycles. The summed E-state index contributed by atoms with van der Waals surface area (Å²) in [6.45, 7) is 1.63. The number of rotatable bonds is 4. The minimum Gasteiger partial charge on any atom is -0.496 e. The zero-order chi connectivity index (χ0) is 15.7. The van der Waals surface area contributed by atoms with E-state index in [1.807, 2.05) is 18.2 Å². The van der Waals surface area contributed by atoms with Crippen LogP contribution in [0.4, 0.5) is 0 Å². The molecular weight excluding hydrogens is 284 g/mol. The summed E-state index contributed by atoms with van der Waals surface area (Å²) in [5, 5.41) is 2.78. The number of nitrogens with one attached hydrogen (secondary N) is 1. The van der Waals surface area contributed by atoms with E-state index < -0.39 is 5.41 Å². The predicted octanol–water partition coefficient (Wildman–Crippen LogP) is 0.942. The van der Waals surface area contributed by atoms with E-state index in [0.717, 1.165) is 12.0 Å². The van der Waals surface area contributed by atoms with Gasteiger partial charge in [0.2, 0.25) is 11.8 Å². The lowest BCUT2D eigenvalue weighted by molar-refractivity contribution is -0.167. The van der Waals surface area contributed by atoms with Crippen LogP contribution < -0.4 is 14.8 Å². The smallest absolute Gasteiger partial charge is 0.231 e. The second kappa shape index (κ2) is 5.51. The third kappa shape index (κ3) is 2.28. The van der Waals surface area contributed by atoms with E-state index in [2.05, 4.69) is 5.32 Å². The molecule has 0 saturated carbocycles. The van der Waals surface area contributed by atoms with E-state index >= 15 is 0 Å². The molecule has 22 heavy (non-hydrogen) atoms. The summed E-state index contributed by atoms with van der Waals surface area (Å²) in [5.41, 5.74) is 0.369.